The summed E-state index contributed by atoms with van der Waals surface area (Å²) in [5.74, 6) is 0. The van der Waals surface area contributed by atoms with Crippen molar-refractivity contribution in [3.8, 4) is 0 Å². The summed E-state index contributed by atoms with van der Waals surface area (Å²) in [5, 5.41) is 0. The van der Waals surface area contributed by atoms with Gasteiger partial charge in [-0.3, -0.25) is 13.6 Å². The predicted octanol–water partition coefficient (Wildman–Crippen LogP) is 5.69. The first-order valence-corrected chi connectivity index (χ1v) is 7.29. The maximum Gasteiger partial charge on any atom is 0.476 e. The second kappa shape index (κ2) is 8.06. The van der Waals surface area contributed by atoms with Crippen LogP contribution in [-0.4, -0.2) is 49.7 Å². The summed E-state index contributed by atoms with van der Waals surface area (Å²) in [5.41, 5.74) is 0. The number of rotatable bonds is 6. The van der Waals surface area contributed by atoms with Gasteiger partial charge in [0, 0.05) is 0 Å². The van der Waals surface area contributed by atoms with Gasteiger partial charge >= 0.3 is 38.7 Å². The van der Waals surface area contributed by atoms with Crippen LogP contribution in [-0.2, 0) is 18.1 Å². The van der Waals surface area contributed by atoms with Gasteiger partial charge in [0.1, 0.15) is 0 Å². The summed E-state index contributed by atoms with van der Waals surface area (Å²) in [4.78, 5) is 0. The number of hydrogen-bond donors (Lipinski definition) is 0. The van der Waals surface area contributed by atoms with Gasteiger partial charge in [-0.05, 0) is 0 Å². The van der Waals surface area contributed by atoms with Gasteiger partial charge in [0.25, 0.3) is 12.2 Å². The molecule has 0 heterocycles. The van der Waals surface area contributed by atoms with Crippen LogP contribution in [0.5, 0.6) is 0 Å². The Morgan fingerprint density at radius 3 is 1.00 bits per heavy atom. The molecule has 0 amide bonds. The highest BCUT2D eigenvalue weighted by atomic mass is 31.2. The minimum Gasteiger partial charge on any atom is -0.277 e. The Labute approximate surface area is 143 Å². The van der Waals surface area contributed by atoms with Gasteiger partial charge in [0.15, 0.2) is 6.61 Å². The molecular formula is C8H4F15O4P. The molecule has 0 N–H and O–H groups in total. The lowest BCUT2D eigenvalue weighted by molar-refractivity contribution is -0.318. The van der Waals surface area contributed by atoms with Crippen molar-refractivity contribution in [1.29, 1.82) is 0 Å². The van der Waals surface area contributed by atoms with E-state index < -0.39 is 57.5 Å². The molecule has 28 heavy (non-hydrogen) atoms. The number of phosphoric acid groups is 1. The van der Waals surface area contributed by atoms with E-state index in [1.807, 2.05) is 0 Å². The fourth-order valence-electron chi connectivity index (χ4n) is 1.11. The smallest absolute Gasteiger partial charge is 0.277 e. The lowest BCUT2D eigenvalue weighted by atomic mass is 10.3. The highest BCUT2D eigenvalue weighted by molar-refractivity contribution is 7.48. The summed E-state index contributed by atoms with van der Waals surface area (Å²) >= 11 is 0. The average molecular weight is 480 g/mol. The SMILES string of the molecule is O=P(OCC(F)(F)F)(OC(C(F)(F)F)C(F)(F)F)OC(C(F)(F)F)C(F)(F)F. The molecule has 0 aromatic heterocycles. The molecule has 0 atom stereocenters. The van der Waals surface area contributed by atoms with Crippen molar-refractivity contribution < 1.29 is 84.0 Å². The van der Waals surface area contributed by atoms with Crippen molar-refractivity contribution >= 4 is 7.82 Å². The van der Waals surface area contributed by atoms with Gasteiger partial charge in [0.2, 0.25) is 0 Å². The van der Waals surface area contributed by atoms with Crippen molar-refractivity contribution in [3.05, 3.63) is 0 Å². The number of hydrogen-bond acceptors (Lipinski definition) is 4. The van der Waals surface area contributed by atoms with E-state index in [4.69, 9.17) is 0 Å². The average Bonchev–Trinajstić information content (AvgIpc) is 2.34. The van der Waals surface area contributed by atoms with Gasteiger partial charge in [-0.25, -0.2) is 4.57 Å². The Morgan fingerprint density at radius 2 is 0.821 bits per heavy atom. The zero-order chi connectivity index (χ0) is 23.0. The molecule has 0 saturated heterocycles. The Kier molecular flexibility index (Phi) is 7.79. The van der Waals surface area contributed by atoms with Crippen molar-refractivity contribution in [2.75, 3.05) is 6.61 Å². The minimum atomic E-state index is -7.41. The predicted molar refractivity (Wildman–Crippen MR) is 53.6 cm³/mol. The highest BCUT2D eigenvalue weighted by Gasteiger charge is 2.65. The molecule has 0 saturated carbocycles. The molecule has 20 heteroatoms. The summed E-state index contributed by atoms with van der Waals surface area (Å²) in [7, 11) is -7.41. The normalized spacial score (nSPS) is 15.6. The monoisotopic (exact) mass is 480 g/mol. The fraction of sp³-hybridized carbons (Fsp3) is 1.00. The topological polar surface area (TPSA) is 44.8 Å². The van der Waals surface area contributed by atoms with E-state index in [9.17, 15) is 70.4 Å². The quantitative estimate of drug-likeness (QED) is 0.362. The Bertz CT molecular complexity index is 489. The number of phosphoric ester groups is 1. The molecule has 0 aliphatic carbocycles. The fourth-order valence-corrected chi connectivity index (χ4v) is 2.58. The molecule has 0 radical (unpaired) electrons. The standard InChI is InChI=1S/C8H4F15O4P/c9-4(10,11)1-25-28(24,26-2(5(12,13)14)6(15,16)17)27-3(7(18,19)20)8(21,22)23/h2-3H,1H2. The van der Waals surface area contributed by atoms with Crippen LogP contribution < -0.4 is 0 Å². The Morgan fingerprint density at radius 1 is 0.571 bits per heavy atom. The van der Waals surface area contributed by atoms with Gasteiger partial charge in [0.05, 0.1) is 0 Å². The van der Waals surface area contributed by atoms with Crippen LogP contribution in [0.25, 0.3) is 0 Å². The van der Waals surface area contributed by atoms with E-state index in [1.165, 1.54) is 0 Å². The molecular weight excluding hydrogens is 476 g/mol. The lowest BCUT2D eigenvalue weighted by Gasteiger charge is -2.30. The molecule has 0 aliphatic heterocycles. The molecule has 0 bridgehead atoms. The molecule has 4 nitrogen and oxygen atoms in total. The number of alkyl halides is 15. The van der Waals surface area contributed by atoms with Gasteiger partial charge in [-0.2, -0.15) is 65.9 Å². The van der Waals surface area contributed by atoms with Crippen LogP contribution >= 0.6 is 7.82 Å². The van der Waals surface area contributed by atoms with Gasteiger partial charge in [-0.15, -0.1) is 0 Å². The molecule has 0 spiro atoms. The van der Waals surface area contributed by atoms with E-state index >= 15 is 0 Å². The molecule has 0 aliphatic rings. The number of halogens is 15. The Hall–Kier alpha value is -0.940. The zero-order valence-corrected chi connectivity index (χ0v) is 13.0. The Balaban J connectivity index is 6.12. The maximum absolute atomic E-state index is 12.3. The maximum atomic E-state index is 12.3. The van der Waals surface area contributed by atoms with Crippen LogP contribution in [0.1, 0.15) is 0 Å². The van der Waals surface area contributed by atoms with E-state index in [0.29, 0.717) is 0 Å². The summed E-state index contributed by atoms with van der Waals surface area (Å²) in [6, 6.07) is 0. The van der Waals surface area contributed by atoms with Crippen LogP contribution in [0.2, 0.25) is 0 Å². The molecule has 0 aromatic rings. The van der Waals surface area contributed by atoms with Crippen LogP contribution in [0.15, 0.2) is 0 Å². The summed E-state index contributed by atoms with van der Waals surface area (Å²) < 4.78 is 203. The van der Waals surface area contributed by atoms with Crippen LogP contribution in [0, 0.1) is 0 Å². The molecule has 0 aromatic carbocycles. The largest absolute Gasteiger partial charge is 0.476 e. The minimum absolute atomic E-state index is 2.54. The lowest BCUT2D eigenvalue weighted by Crippen LogP contribution is -2.46. The molecule has 0 rings (SSSR count). The second-order valence-corrected chi connectivity index (χ2v) is 6.05. The third-order valence-corrected chi connectivity index (χ3v) is 3.43. The van der Waals surface area contributed by atoms with Crippen molar-refractivity contribution in [2.24, 2.45) is 0 Å². The zero-order valence-electron chi connectivity index (χ0n) is 12.1. The van der Waals surface area contributed by atoms with Crippen molar-refractivity contribution in [2.45, 2.75) is 43.1 Å². The molecule has 0 fully saturated rings. The second-order valence-electron chi connectivity index (χ2n) is 4.47. The molecule has 170 valence electrons. The highest BCUT2D eigenvalue weighted by Crippen LogP contribution is 2.59. The van der Waals surface area contributed by atoms with E-state index in [1.54, 1.807) is 0 Å². The third kappa shape index (κ3) is 9.04. The summed E-state index contributed by atoms with van der Waals surface area (Å²) in [6.45, 7) is -3.17. The van der Waals surface area contributed by atoms with Gasteiger partial charge in [-0.1, -0.05) is 0 Å². The van der Waals surface area contributed by atoms with Crippen LogP contribution in [0.4, 0.5) is 65.9 Å². The van der Waals surface area contributed by atoms with E-state index in [2.05, 4.69) is 13.6 Å². The van der Waals surface area contributed by atoms with E-state index in [-0.39, 0.29) is 0 Å². The van der Waals surface area contributed by atoms with E-state index in [0.717, 1.165) is 0 Å². The van der Waals surface area contributed by atoms with Crippen molar-refractivity contribution in [1.82, 2.24) is 0 Å². The first kappa shape index (κ1) is 27.1. The molecule has 0 unspecified atom stereocenters. The summed E-state index contributed by atoms with van der Waals surface area (Å²) in [6.07, 6.45) is -43.3. The van der Waals surface area contributed by atoms with Gasteiger partial charge < -0.3 is 0 Å². The third-order valence-electron chi connectivity index (χ3n) is 2.04. The van der Waals surface area contributed by atoms with Crippen LogP contribution in [0.3, 0.4) is 0 Å². The van der Waals surface area contributed by atoms with Crippen molar-refractivity contribution in [3.63, 3.8) is 0 Å². The first-order valence-electron chi connectivity index (χ1n) is 5.83. The first-order chi connectivity index (χ1) is 11.9.